The molecular weight excluding hydrogens is 488 g/mol. The Bertz CT molecular complexity index is 1520. The first-order valence-electron chi connectivity index (χ1n) is 11.2. The number of methoxy groups -OCH3 is 1. The van der Waals surface area contributed by atoms with Gasteiger partial charge in [-0.3, -0.25) is 9.36 Å². The predicted octanol–water partition coefficient (Wildman–Crippen LogP) is -0.744. The van der Waals surface area contributed by atoms with Crippen LogP contribution in [-0.4, -0.2) is 73.8 Å². The largest absolute Gasteiger partial charge is 0.497 e. The Hall–Kier alpha value is -4.11. The first kappa shape index (κ1) is 24.6. The predicted molar refractivity (Wildman–Crippen MR) is 127 cm³/mol. The van der Waals surface area contributed by atoms with E-state index in [0.717, 1.165) is 0 Å². The number of imidazole rings is 1. The Kier molecular flexibility index (Phi) is 6.47. The number of anilines is 1. The fraction of sp³-hybridized carbons (Fsp3) is 0.348. The van der Waals surface area contributed by atoms with Crippen LogP contribution < -0.4 is 21.8 Å². The summed E-state index contributed by atoms with van der Waals surface area (Å²) in [6.45, 7) is -0.531. The standard InChI is InChI=1S/C23H24N6O8/c1-34-11-2-3-12-10(5-16(31)35-14(12)6-11)4-13(24)23(33)37-19-18(32)15(7-30)36-22(19)29-9-28-17-20(25)26-8-27-21(17)29/h2-3,5-6,8-9,13,15,18-19,22,30,32H,4,7,24H2,1H3,(H2,25,26,27)/t13-,15+,18+,19+,22+/m0/s1. The number of aliphatic hydroxyl groups excluding tert-OH is 2. The molecule has 194 valence electrons. The molecule has 0 amide bonds. The second-order valence-electron chi connectivity index (χ2n) is 8.49. The summed E-state index contributed by atoms with van der Waals surface area (Å²) in [6, 6.07) is 4.99. The number of esters is 1. The summed E-state index contributed by atoms with van der Waals surface area (Å²) in [5.41, 5.74) is 12.7. The van der Waals surface area contributed by atoms with Gasteiger partial charge in [0, 0.05) is 17.5 Å². The van der Waals surface area contributed by atoms with Gasteiger partial charge in [-0.1, -0.05) is 0 Å². The Morgan fingerprint density at radius 1 is 1.27 bits per heavy atom. The minimum absolute atomic E-state index is 0.0528. The Morgan fingerprint density at radius 2 is 2.08 bits per heavy atom. The molecule has 0 radical (unpaired) electrons. The number of fused-ring (bicyclic) bond motifs is 2. The number of nitrogens with two attached hydrogens (primary N) is 2. The van der Waals surface area contributed by atoms with E-state index in [0.29, 0.717) is 22.2 Å². The number of ether oxygens (including phenoxy) is 3. The zero-order valence-electron chi connectivity index (χ0n) is 19.6. The van der Waals surface area contributed by atoms with Crippen molar-refractivity contribution in [1.29, 1.82) is 0 Å². The van der Waals surface area contributed by atoms with Gasteiger partial charge in [0.05, 0.1) is 20.0 Å². The highest BCUT2D eigenvalue weighted by molar-refractivity contribution is 5.83. The third-order valence-corrected chi connectivity index (χ3v) is 6.19. The van der Waals surface area contributed by atoms with Crippen molar-refractivity contribution >= 4 is 33.9 Å². The lowest BCUT2D eigenvalue weighted by atomic mass is 10.0. The number of carbonyl (C=O) groups is 1. The van der Waals surface area contributed by atoms with E-state index in [1.807, 2.05) is 0 Å². The number of nitrogen functional groups attached to an aromatic ring is 1. The van der Waals surface area contributed by atoms with Crippen LogP contribution in [0.4, 0.5) is 5.82 Å². The first-order chi connectivity index (χ1) is 17.8. The summed E-state index contributed by atoms with van der Waals surface area (Å²) in [7, 11) is 1.49. The molecule has 1 saturated heterocycles. The van der Waals surface area contributed by atoms with Gasteiger partial charge in [-0.15, -0.1) is 0 Å². The van der Waals surface area contributed by atoms with Gasteiger partial charge in [-0.05, 0) is 24.1 Å². The topological polar surface area (TPSA) is 211 Å². The van der Waals surface area contributed by atoms with Crippen molar-refractivity contribution in [1.82, 2.24) is 19.5 Å². The number of aromatic nitrogens is 4. The summed E-state index contributed by atoms with van der Waals surface area (Å²) < 4.78 is 23.2. The molecule has 0 saturated carbocycles. The van der Waals surface area contributed by atoms with Gasteiger partial charge < -0.3 is 40.3 Å². The lowest BCUT2D eigenvalue weighted by molar-refractivity contribution is -0.160. The summed E-state index contributed by atoms with van der Waals surface area (Å²) >= 11 is 0. The van der Waals surface area contributed by atoms with Crippen molar-refractivity contribution in [3.63, 3.8) is 0 Å². The molecule has 4 aromatic rings. The first-order valence-corrected chi connectivity index (χ1v) is 11.2. The van der Waals surface area contributed by atoms with Crippen molar-refractivity contribution in [2.45, 2.75) is 37.0 Å². The highest BCUT2D eigenvalue weighted by Gasteiger charge is 2.48. The van der Waals surface area contributed by atoms with Crippen LogP contribution in [0, 0.1) is 0 Å². The highest BCUT2D eigenvalue weighted by Crippen LogP contribution is 2.34. The van der Waals surface area contributed by atoms with Gasteiger partial charge in [0.1, 0.15) is 41.4 Å². The van der Waals surface area contributed by atoms with Crippen LogP contribution in [0.5, 0.6) is 5.75 Å². The van der Waals surface area contributed by atoms with E-state index in [2.05, 4.69) is 15.0 Å². The van der Waals surface area contributed by atoms with E-state index in [-0.39, 0.29) is 23.5 Å². The molecule has 0 spiro atoms. The van der Waals surface area contributed by atoms with E-state index in [1.54, 1.807) is 18.2 Å². The molecule has 1 aliphatic heterocycles. The van der Waals surface area contributed by atoms with Crippen molar-refractivity contribution < 1.29 is 33.6 Å². The van der Waals surface area contributed by atoms with Gasteiger partial charge in [0.25, 0.3) is 0 Å². The van der Waals surface area contributed by atoms with Gasteiger partial charge in [-0.25, -0.2) is 19.7 Å². The Morgan fingerprint density at radius 3 is 2.84 bits per heavy atom. The average molecular weight is 512 g/mol. The second-order valence-corrected chi connectivity index (χ2v) is 8.49. The van der Waals surface area contributed by atoms with E-state index in [9.17, 15) is 19.8 Å². The van der Waals surface area contributed by atoms with E-state index >= 15 is 0 Å². The molecule has 1 aliphatic rings. The van der Waals surface area contributed by atoms with Gasteiger partial charge in [0.2, 0.25) is 0 Å². The van der Waals surface area contributed by atoms with Crippen molar-refractivity contribution in [2.24, 2.45) is 5.73 Å². The molecule has 5 rings (SSSR count). The summed E-state index contributed by atoms with van der Waals surface area (Å²) in [4.78, 5) is 37.3. The summed E-state index contributed by atoms with van der Waals surface area (Å²) in [5, 5.41) is 21.0. The fourth-order valence-electron chi connectivity index (χ4n) is 4.32. The maximum Gasteiger partial charge on any atom is 0.336 e. The molecule has 0 aliphatic carbocycles. The summed E-state index contributed by atoms with van der Waals surface area (Å²) in [6.07, 6.45) is -2.23. The zero-order chi connectivity index (χ0) is 26.3. The molecule has 6 N–H and O–H groups in total. The molecule has 14 heteroatoms. The fourth-order valence-corrected chi connectivity index (χ4v) is 4.32. The minimum Gasteiger partial charge on any atom is -0.497 e. The lowest BCUT2D eigenvalue weighted by Gasteiger charge is -2.23. The SMILES string of the molecule is COc1ccc2c(C[C@H](N)C(=O)O[C@@H]3[C@H](O)[C@@H](CO)O[C@H]3n3cnc4c(N)ncnc43)cc(=O)oc2c1. The summed E-state index contributed by atoms with van der Waals surface area (Å²) in [5.74, 6) is -0.228. The zero-order valence-corrected chi connectivity index (χ0v) is 19.6. The normalized spacial score (nSPS) is 22.4. The molecule has 37 heavy (non-hydrogen) atoms. The van der Waals surface area contributed by atoms with Gasteiger partial charge in [0.15, 0.2) is 23.8 Å². The van der Waals surface area contributed by atoms with E-state index in [1.165, 1.54) is 30.4 Å². The molecule has 5 atom stereocenters. The lowest BCUT2D eigenvalue weighted by Crippen LogP contribution is -2.42. The molecular formula is C23H24N6O8. The highest BCUT2D eigenvalue weighted by atomic mass is 16.6. The number of carbonyl (C=O) groups excluding carboxylic acids is 1. The molecule has 1 fully saturated rings. The van der Waals surface area contributed by atoms with E-state index in [4.69, 9.17) is 30.1 Å². The number of benzene rings is 1. The quantitative estimate of drug-likeness (QED) is 0.178. The van der Waals surface area contributed by atoms with Crippen LogP contribution in [0.3, 0.4) is 0 Å². The molecule has 14 nitrogen and oxygen atoms in total. The van der Waals surface area contributed by atoms with E-state index < -0.39 is 48.8 Å². The van der Waals surface area contributed by atoms with Gasteiger partial charge in [-0.2, -0.15) is 0 Å². The van der Waals surface area contributed by atoms with Crippen LogP contribution in [0.15, 0.2) is 46.1 Å². The molecule has 4 heterocycles. The van der Waals surface area contributed by atoms with Crippen molar-refractivity contribution in [2.75, 3.05) is 19.5 Å². The van der Waals surface area contributed by atoms with Crippen LogP contribution in [0.25, 0.3) is 22.1 Å². The molecule has 0 unspecified atom stereocenters. The van der Waals surface area contributed by atoms with Crippen LogP contribution in [0.1, 0.15) is 11.8 Å². The molecule has 0 bridgehead atoms. The van der Waals surface area contributed by atoms with Crippen LogP contribution >= 0.6 is 0 Å². The van der Waals surface area contributed by atoms with Crippen LogP contribution in [0.2, 0.25) is 0 Å². The van der Waals surface area contributed by atoms with Crippen molar-refractivity contribution in [3.8, 4) is 5.75 Å². The minimum atomic E-state index is -1.38. The third-order valence-electron chi connectivity index (χ3n) is 6.19. The molecule has 1 aromatic carbocycles. The third kappa shape index (κ3) is 4.46. The maximum absolute atomic E-state index is 13.0. The molecule has 3 aromatic heterocycles. The number of rotatable bonds is 7. The average Bonchev–Trinajstić information content (AvgIpc) is 3.45. The number of aliphatic hydroxyl groups is 2. The Labute approximate surface area is 208 Å². The number of hydrogen-bond acceptors (Lipinski definition) is 13. The van der Waals surface area contributed by atoms with Gasteiger partial charge >= 0.3 is 11.6 Å². The number of hydrogen-bond donors (Lipinski definition) is 4. The monoisotopic (exact) mass is 512 g/mol. The number of nitrogens with zero attached hydrogens (tertiary/aromatic N) is 4. The second kappa shape index (κ2) is 9.74. The smallest absolute Gasteiger partial charge is 0.336 e. The Balaban J connectivity index is 1.40. The van der Waals surface area contributed by atoms with Crippen LogP contribution in [-0.2, 0) is 20.7 Å². The maximum atomic E-state index is 13.0. The van der Waals surface area contributed by atoms with Crippen molar-refractivity contribution in [3.05, 3.63) is 52.9 Å².